The molecule has 0 bridgehead atoms. The van der Waals surface area contributed by atoms with Crippen LogP contribution in [-0.2, 0) is 6.61 Å². The number of aromatic amines is 1. The highest BCUT2D eigenvalue weighted by Gasteiger charge is 2.15. The Kier molecular flexibility index (Phi) is 4.68. The number of nitrogens with two attached hydrogens (primary N) is 1. The van der Waals surface area contributed by atoms with E-state index in [0.29, 0.717) is 34.7 Å². The van der Waals surface area contributed by atoms with Crippen molar-refractivity contribution in [1.29, 1.82) is 5.26 Å². The Balaban J connectivity index is 2.17. The van der Waals surface area contributed by atoms with Gasteiger partial charge in [-0.3, -0.25) is 0 Å². The second-order valence-electron chi connectivity index (χ2n) is 5.42. The first-order valence-electron chi connectivity index (χ1n) is 7.89. The largest absolute Gasteiger partial charge is 0.494 e. The molecule has 1 aromatic carbocycles. The quantitative estimate of drug-likeness (QED) is 0.664. The van der Waals surface area contributed by atoms with Gasteiger partial charge in [0.05, 0.1) is 24.6 Å². The molecule has 0 aliphatic carbocycles. The third kappa shape index (κ3) is 3.18. The first-order valence-corrected chi connectivity index (χ1v) is 7.89. The van der Waals surface area contributed by atoms with E-state index in [-0.39, 0.29) is 12.4 Å². The maximum atomic E-state index is 9.62. The van der Waals surface area contributed by atoms with Gasteiger partial charge >= 0.3 is 0 Å². The molecule has 0 spiro atoms. The summed E-state index contributed by atoms with van der Waals surface area (Å²) in [5, 5.41) is 19.1. The molecular weight excluding hydrogens is 316 g/mol. The average molecular weight is 334 g/mol. The van der Waals surface area contributed by atoms with Crippen LogP contribution in [0.15, 0.2) is 42.6 Å². The third-order valence-corrected chi connectivity index (χ3v) is 3.87. The second-order valence-corrected chi connectivity index (χ2v) is 5.42. The molecule has 6 heteroatoms. The highest BCUT2D eigenvalue weighted by atomic mass is 16.5. The van der Waals surface area contributed by atoms with Crippen LogP contribution >= 0.6 is 0 Å². The van der Waals surface area contributed by atoms with E-state index in [1.165, 1.54) is 0 Å². The number of hydrogen-bond donors (Lipinski definition) is 3. The molecule has 25 heavy (non-hydrogen) atoms. The van der Waals surface area contributed by atoms with Gasteiger partial charge in [0, 0.05) is 17.3 Å². The van der Waals surface area contributed by atoms with Gasteiger partial charge in [-0.25, -0.2) is 4.98 Å². The molecule has 3 rings (SSSR count). The predicted octanol–water partition coefficient (Wildman–Crippen LogP) is 3.09. The molecule has 4 N–H and O–H groups in total. The smallest absolute Gasteiger partial charge is 0.142 e. The Morgan fingerprint density at radius 2 is 2.16 bits per heavy atom. The predicted molar refractivity (Wildman–Crippen MR) is 95.7 cm³/mol. The molecule has 126 valence electrons. The van der Waals surface area contributed by atoms with Gasteiger partial charge in [0.15, 0.2) is 0 Å². The Labute approximate surface area is 145 Å². The molecule has 2 heterocycles. The van der Waals surface area contributed by atoms with E-state index < -0.39 is 0 Å². The molecular formula is C19H18N4O2. The monoisotopic (exact) mass is 334 g/mol. The summed E-state index contributed by atoms with van der Waals surface area (Å²) in [4.78, 5) is 7.40. The Bertz CT molecular complexity index is 927. The number of pyridine rings is 1. The van der Waals surface area contributed by atoms with Gasteiger partial charge < -0.3 is 20.6 Å². The molecule has 6 nitrogen and oxygen atoms in total. The van der Waals surface area contributed by atoms with Crippen LogP contribution in [-0.4, -0.2) is 21.7 Å². The minimum Gasteiger partial charge on any atom is -0.494 e. The van der Waals surface area contributed by atoms with Crippen LogP contribution in [0.3, 0.4) is 0 Å². The minimum atomic E-state index is -0.158. The summed E-state index contributed by atoms with van der Waals surface area (Å²) >= 11 is 0. The lowest BCUT2D eigenvalue weighted by molar-refractivity contribution is 0.267. The molecule has 0 unspecified atom stereocenters. The van der Waals surface area contributed by atoms with Crippen molar-refractivity contribution in [2.45, 2.75) is 13.5 Å². The summed E-state index contributed by atoms with van der Waals surface area (Å²) in [6.07, 6.45) is 1.80. The lowest BCUT2D eigenvalue weighted by Gasteiger charge is -2.13. The van der Waals surface area contributed by atoms with E-state index in [2.05, 4.69) is 16.0 Å². The van der Waals surface area contributed by atoms with Gasteiger partial charge in [-0.05, 0) is 42.8 Å². The van der Waals surface area contributed by atoms with Crippen molar-refractivity contribution < 1.29 is 9.84 Å². The summed E-state index contributed by atoms with van der Waals surface area (Å²) in [7, 11) is 0. The standard InChI is InChI=1S/C19H18N4O2/c1-2-25-18-6-5-12(8-13(18)11-24)14-9-17(16-4-3-7-22-16)23-19(21)15(14)10-20/h3-9,22,24H,2,11H2,1H3,(H2,21,23). The Morgan fingerprint density at radius 1 is 1.32 bits per heavy atom. The topological polar surface area (TPSA) is 108 Å². The minimum absolute atomic E-state index is 0.158. The zero-order chi connectivity index (χ0) is 17.8. The van der Waals surface area contributed by atoms with Crippen LogP contribution in [0.1, 0.15) is 18.1 Å². The zero-order valence-electron chi connectivity index (χ0n) is 13.8. The number of benzene rings is 1. The van der Waals surface area contributed by atoms with Crippen molar-refractivity contribution in [3.63, 3.8) is 0 Å². The molecule has 0 fully saturated rings. The number of rotatable bonds is 5. The van der Waals surface area contributed by atoms with Gasteiger partial charge in [0.1, 0.15) is 23.2 Å². The number of H-pyrrole nitrogens is 1. The van der Waals surface area contributed by atoms with Crippen molar-refractivity contribution in [1.82, 2.24) is 9.97 Å². The fourth-order valence-electron chi connectivity index (χ4n) is 2.70. The van der Waals surface area contributed by atoms with Gasteiger partial charge in [-0.15, -0.1) is 0 Å². The van der Waals surface area contributed by atoms with E-state index >= 15 is 0 Å². The Hall–Kier alpha value is -3.30. The van der Waals surface area contributed by atoms with Gasteiger partial charge in [-0.2, -0.15) is 5.26 Å². The van der Waals surface area contributed by atoms with E-state index in [4.69, 9.17) is 10.5 Å². The van der Waals surface area contributed by atoms with Gasteiger partial charge in [0.25, 0.3) is 0 Å². The van der Waals surface area contributed by atoms with Crippen LogP contribution in [0.4, 0.5) is 5.82 Å². The zero-order valence-corrected chi connectivity index (χ0v) is 13.8. The SMILES string of the molecule is CCOc1ccc(-c2cc(-c3ccc[nH]3)nc(N)c2C#N)cc1CO. The van der Waals surface area contributed by atoms with Crippen LogP contribution in [0.5, 0.6) is 5.75 Å². The molecule has 0 saturated carbocycles. The average Bonchev–Trinajstić information content (AvgIpc) is 3.16. The number of nitrogens with zero attached hydrogens (tertiary/aromatic N) is 2. The Morgan fingerprint density at radius 3 is 2.80 bits per heavy atom. The maximum absolute atomic E-state index is 9.62. The molecule has 0 amide bonds. The highest BCUT2D eigenvalue weighted by molar-refractivity contribution is 5.80. The molecule has 3 aromatic rings. The van der Waals surface area contributed by atoms with Gasteiger partial charge in [-0.1, -0.05) is 6.07 Å². The molecule has 2 aromatic heterocycles. The summed E-state index contributed by atoms with van der Waals surface area (Å²) in [5.41, 5.74) is 9.86. The molecule has 0 aliphatic heterocycles. The van der Waals surface area contributed by atoms with E-state index in [0.717, 1.165) is 11.3 Å². The normalized spacial score (nSPS) is 10.4. The summed E-state index contributed by atoms with van der Waals surface area (Å²) in [6.45, 7) is 2.24. The number of nitrogen functional groups attached to an aromatic ring is 1. The van der Waals surface area contributed by atoms with E-state index in [1.807, 2.05) is 31.2 Å². The fourth-order valence-corrected chi connectivity index (χ4v) is 2.70. The first-order chi connectivity index (χ1) is 12.2. The van der Waals surface area contributed by atoms with Crippen molar-refractivity contribution in [2.75, 3.05) is 12.3 Å². The van der Waals surface area contributed by atoms with Gasteiger partial charge in [0.2, 0.25) is 0 Å². The third-order valence-electron chi connectivity index (χ3n) is 3.87. The summed E-state index contributed by atoms with van der Waals surface area (Å²) < 4.78 is 5.51. The fraction of sp³-hybridized carbons (Fsp3) is 0.158. The molecule has 0 radical (unpaired) electrons. The number of aliphatic hydroxyl groups is 1. The molecule has 0 aliphatic rings. The van der Waals surface area contributed by atoms with Crippen LogP contribution in [0.25, 0.3) is 22.5 Å². The summed E-state index contributed by atoms with van der Waals surface area (Å²) in [5.74, 6) is 0.794. The summed E-state index contributed by atoms with van der Waals surface area (Å²) in [6, 6.07) is 13.1. The van der Waals surface area contributed by atoms with Crippen molar-refractivity contribution in [3.05, 3.63) is 53.7 Å². The van der Waals surface area contributed by atoms with Crippen molar-refractivity contribution in [2.24, 2.45) is 0 Å². The second kappa shape index (κ2) is 7.07. The van der Waals surface area contributed by atoms with Crippen LogP contribution in [0.2, 0.25) is 0 Å². The lowest BCUT2D eigenvalue weighted by atomic mass is 9.97. The number of nitrogens with one attached hydrogen (secondary N) is 1. The van der Waals surface area contributed by atoms with Crippen LogP contribution in [0, 0.1) is 11.3 Å². The van der Waals surface area contributed by atoms with E-state index in [9.17, 15) is 10.4 Å². The number of aromatic nitrogens is 2. The van der Waals surface area contributed by atoms with Crippen LogP contribution < -0.4 is 10.5 Å². The number of aliphatic hydroxyl groups excluding tert-OH is 1. The van der Waals surface area contributed by atoms with Crippen molar-refractivity contribution in [3.8, 4) is 34.3 Å². The number of hydrogen-bond acceptors (Lipinski definition) is 5. The number of nitriles is 1. The number of anilines is 1. The van der Waals surface area contributed by atoms with Crippen molar-refractivity contribution >= 4 is 5.82 Å². The molecule has 0 saturated heterocycles. The lowest BCUT2D eigenvalue weighted by Crippen LogP contribution is -2.01. The number of ether oxygens (including phenoxy) is 1. The van der Waals surface area contributed by atoms with E-state index in [1.54, 1.807) is 18.3 Å². The maximum Gasteiger partial charge on any atom is 0.142 e. The first kappa shape index (κ1) is 16.6. The highest BCUT2D eigenvalue weighted by Crippen LogP contribution is 2.33. The molecule has 0 atom stereocenters.